The molecule has 0 bridgehead atoms. The largest absolute Gasteiger partial charge is 0.396 e. The lowest BCUT2D eigenvalue weighted by molar-refractivity contribution is 0.00773. The first kappa shape index (κ1) is 7.60. The summed E-state index contributed by atoms with van der Waals surface area (Å²) in [5, 5.41) is 9.21. The van der Waals surface area contributed by atoms with Gasteiger partial charge in [0.2, 0.25) is 0 Å². The van der Waals surface area contributed by atoms with Gasteiger partial charge in [-0.15, -0.1) is 0 Å². The lowest BCUT2D eigenvalue weighted by Crippen LogP contribution is -2.36. The molecule has 0 spiro atoms. The number of rotatable bonds is 3. The summed E-state index contributed by atoms with van der Waals surface area (Å²) in [5.41, 5.74) is 0.394. The van der Waals surface area contributed by atoms with Crippen LogP contribution >= 0.6 is 0 Å². The predicted molar refractivity (Wildman–Crippen MR) is 45.3 cm³/mol. The second-order valence-electron chi connectivity index (χ2n) is 4.51. The van der Waals surface area contributed by atoms with Crippen molar-refractivity contribution in [2.24, 2.45) is 11.3 Å². The molecule has 0 unspecified atom stereocenters. The molecule has 0 aromatic heterocycles. The Morgan fingerprint density at radius 2 is 1.91 bits per heavy atom. The molecule has 1 heteroatoms. The molecule has 2 saturated carbocycles. The summed E-state index contributed by atoms with van der Waals surface area (Å²) < 4.78 is 0. The Kier molecular flexibility index (Phi) is 1.92. The fraction of sp³-hybridized carbons (Fsp3) is 1.00. The van der Waals surface area contributed by atoms with Gasteiger partial charge < -0.3 is 5.11 Å². The van der Waals surface area contributed by atoms with Crippen molar-refractivity contribution < 1.29 is 5.11 Å². The lowest BCUT2D eigenvalue weighted by atomic mass is 9.62. The average molecular weight is 154 g/mol. The van der Waals surface area contributed by atoms with Gasteiger partial charge in [0.1, 0.15) is 0 Å². The van der Waals surface area contributed by atoms with Gasteiger partial charge in [0.15, 0.2) is 0 Å². The zero-order chi connectivity index (χ0) is 7.73. The second kappa shape index (κ2) is 2.78. The minimum atomic E-state index is 0.394. The van der Waals surface area contributed by atoms with Crippen LogP contribution < -0.4 is 0 Å². The van der Waals surface area contributed by atoms with E-state index in [1.165, 1.54) is 44.9 Å². The smallest absolute Gasteiger partial charge is 0.0487 e. The molecule has 2 aliphatic carbocycles. The maximum Gasteiger partial charge on any atom is 0.0487 e. The van der Waals surface area contributed by atoms with Gasteiger partial charge in [-0.25, -0.2) is 0 Å². The summed E-state index contributed by atoms with van der Waals surface area (Å²) in [4.78, 5) is 0. The summed E-state index contributed by atoms with van der Waals surface area (Å²) in [5.74, 6) is 0.974. The Morgan fingerprint density at radius 3 is 2.18 bits per heavy atom. The van der Waals surface area contributed by atoms with E-state index < -0.39 is 0 Å². The molecule has 64 valence electrons. The summed E-state index contributed by atoms with van der Waals surface area (Å²) in [6.45, 7) is 0.448. The van der Waals surface area contributed by atoms with Crippen LogP contribution in [0.25, 0.3) is 0 Å². The van der Waals surface area contributed by atoms with Crippen LogP contribution in [0.1, 0.15) is 44.9 Å². The molecular weight excluding hydrogens is 136 g/mol. The van der Waals surface area contributed by atoms with Crippen LogP contribution in [0.15, 0.2) is 0 Å². The lowest BCUT2D eigenvalue weighted by Gasteiger charge is -2.44. The van der Waals surface area contributed by atoms with E-state index in [0.717, 1.165) is 5.92 Å². The van der Waals surface area contributed by atoms with Crippen LogP contribution in [0, 0.1) is 11.3 Å². The number of hydrogen-bond acceptors (Lipinski definition) is 1. The van der Waals surface area contributed by atoms with Crippen LogP contribution in [0.2, 0.25) is 0 Å². The Balaban J connectivity index is 1.81. The molecule has 0 saturated heterocycles. The monoisotopic (exact) mass is 154 g/mol. The summed E-state index contributed by atoms with van der Waals surface area (Å²) in [6.07, 6.45) is 9.56. The molecule has 0 atom stereocenters. The molecule has 0 aromatic carbocycles. The minimum absolute atomic E-state index is 0.394. The van der Waals surface area contributed by atoms with E-state index in [4.69, 9.17) is 0 Å². The third-order valence-electron chi connectivity index (χ3n) is 3.70. The Morgan fingerprint density at radius 1 is 1.18 bits per heavy atom. The zero-order valence-electron chi connectivity index (χ0n) is 7.18. The molecule has 0 amide bonds. The van der Waals surface area contributed by atoms with Gasteiger partial charge in [-0.1, -0.05) is 25.7 Å². The van der Waals surface area contributed by atoms with Gasteiger partial charge in [-0.3, -0.25) is 0 Å². The van der Waals surface area contributed by atoms with E-state index in [1.54, 1.807) is 0 Å². The Bertz CT molecular complexity index is 128. The fourth-order valence-corrected chi connectivity index (χ4v) is 2.41. The third-order valence-corrected chi connectivity index (χ3v) is 3.70. The first-order chi connectivity index (χ1) is 5.35. The molecule has 2 fully saturated rings. The summed E-state index contributed by atoms with van der Waals surface area (Å²) >= 11 is 0. The number of aliphatic hydroxyl groups is 1. The van der Waals surface area contributed by atoms with Gasteiger partial charge in [-0.2, -0.15) is 0 Å². The average Bonchev–Trinajstić information content (AvgIpc) is 1.83. The number of aliphatic hydroxyl groups excluding tert-OH is 1. The molecule has 2 aliphatic rings. The maximum absolute atomic E-state index is 9.21. The highest BCUT2D eigenvalue weighted by Gasteiger charge is 2.39. The molecule has 11 heavy (non-hydrogen) atoms. The minimum Gasteiger partial charge on any atom is -0.396 e. The molecule has 2 rings (SSSR count). The van der Waals surface area contributed by atoms with E-state index in [1.807, 2.05) is 0 Å². The van der Waals surface area contributed by atoms with Crippen LogP contribution in [-0.2, 0) is 0 Å². The third kappa shape index (κ3) is 1.31. The van der Waals surface area contributed by atoms with Gasteiger partial charge >= 0.3 is 0 Å². The SMILES string of the molecule is OCC1(CC2CCC2)CCC1. The Hall–Kier alpha value is -0.0400. The van der Waals surface area contributed by atoms with Crippen molar-refractivity contribution in [3.05, 3.63) is 0 Å². The van der Waals surface area contributed by atoms with Crippen molar-refractivity contribution in [3.63, 3.8) is 0 Å². The van der Waals surface area contributed by atoms with Crippen molar-refractivity contribution in [1.82, 2.24) is 0 Å². The Labute approximate surface area is 68.8 Å². The van der Waals surface area contributed by atoms with E-state index in [0.29, 0.717) is 12.0 Å². The zero-order valence-corrected chi connectivity index (χ0v) is 7.18. The summed E-state index contributed by atoms with van der Waals surface area (Å²) in [6, 6.07) is 0. The molecular formula is C10H18O. The first-order valence-corrected chi connectivity index (χ1v) is 4.96. The molecule has 0 radical (unpaired) electrons. The summed E-state index contributed by atoms with van der Waals surface area (Å²) in [7, 11) is 0. The first-order valence-electron chi connectivity index (χ1n) is 4.96. The van der Waals surface area contributed by atoms with Crippen molar-refractivity contribution in [3.8, 4) is 0 Å². The highest BCUT2D eigenvalue weighted by atomic mass is 16.3. The van der Waals surface area contributed by atoms with Crippen LogP contribution in [0.4, 0.5) is 0 Å². The van der Waals surface area contributed by atoms with Crippen molar-refractivity contribution in [2.45, 2.75) is 44.9 Å². The second-order valence-corrected chi connectivity index (χ2v) is 4.51. The molecule has 0 heterocycles. The van der Waals surface area contributed by atoms with E-state index in [-0.39, 0.29) is 0 Å². The topological polar surface area (TPSA) is 20.2 Å². The van der Waals surface area contributed by atoms with Crippen LogP contribution in [-0.4, -0.2) is 11.7 Å². The maximum atomic E-state index is 9.21. The van der Waals surface area contributed by atoms with Gasteiger partial charge in [0.25, 0.3) is 0 Å². The molecule has 1 nitrogen and oxygen atoms in total. The van der Waals surface area contributed by atoms with Gasteiger partial charge in [0, 0.05) is 6.61 Å². The van der Waals surface area contributed by atoms with Crippen molar-refractivity contribution in [2.75, 3.05) is 6.61 Å². The molecule has 1 N–H and O–H groups in total. The molecule has 0 aliphatic heterocycles. The predicted octanol–water partition coefficient (Wildman–Crippen LogP) is 2.34. The van der Waals surface area contributed by atoms with E-state index >= 15 is 0 Å². The highest BCUT2D eigenvalue weighted by Crippen LogP contribution is 2.48. The normalized spacial score (nSPS) is 29.2. The van der Waals surface area contributed by atoms with Gasteiger partial charge in [0.05, 0.1) is 0 Å². The van der Waals surface area contributed by atoms with E-state index in [9.17, 15) is 5.11 Å². The highest BCUT2D eigenvalue weighted by molar-refractivity contribution is 4.90. The van der Waals surface area contributed by atoms with Gasteiger partial charge in [-0.05, 0) is 30.6 Å². The fourth-order valence-electron chi connectivity index (χ4n) is 2.41. The quantitative estimate of drug-likeness (QED) is 0.661. The van der Waals surface area contributed by atoms with Crippen LogP contribution in [0.5, 0.6) is 0 Å². The molecule has 0 aromatic rings. The van der Waals surface area contributed by atoms with Crippen molar-refractivity contribution >= 4 is 0 Å². The van der Waals surface area contributed by atoms with Crippen molar-refractivity contribution in [1.29, 1.82) is 0 Å². The van der Waals surface area contributed by atoms with E-state index in [2.05, 4.69) is 0 Å². The number of hydrogen-bond donors (Lipinski definition) is 1. The van der Waals surface area contributed by atoms with Crippen LogP contribution in [0.3, 0.4) is 0 Å². The standard InChI is InChI=1S/C10H18O/c11-8-10(5-2-6-10)7-9-3-1-4-9/h9,11H,1-8H2.